The van der Waals surface area contributed by atoms with E-state index in [0.717, 1.165) is 87.1 Å². The highest BCUT2D eigenvalue weighted by molar-refractivity contribution is 7.89. The topological polar surface area (TPSA) is 557 Å². The molecule has 0 amide bonds. The number of ether oxygens (including phenoxy) is 8. The van der Waals surface area contributed by atoms with Crippen molar-refractivity contribution in [2.45, 2.75) is 297 Å². The molecular formula is C91H118O40S8. The summed E-state index contributed by atoms with van der Waals surface area (Å²) in [5.41, 5.74) is -4.93. The van der Waals surface area contributed by atoms with E-state index >= 15 is 0 Å². The Morgan fingerprint density at radius 3 is 1.43 bits per heavy atom. The molecule has 48 heteroatoms. The van der Waals surface area contributed by atoms with Crippen LogP contribution in [0.25, 0.3) is 0 Å². The Morgan fingerprint density at radius 1 is 0.338 bits per heavy atom. The molecule has 24 aliphatic rings. The second kappa shape index (κ2) is 34.0. The Kier molecular flexibility index (Phi) is 25.3. The SMILES string of the molecule is C=CC(=O)OC1(C)C2(C)CC3C(C2C)C1(C)OS3(=O)=O.C=CC(=O)OC1(C)C2CC3C1OS(=O)(=O)C3C2.C=CC(=O)OC1C2CC3C(C)(C2)C1OS3(=O)=O.C=CC(=O)OC1C2CC3C(C2)S(=O)(=O)OC31C.C=CC(=O)OC1C2CC3C1OS(=O)(=O)C3C2.C=CC(=O)OC1C2CC3C1OS(=O)(=O)C3C2C.C=CC(=O)OC1C2OS(=O)(=O)C3CC1(C)CC23.C=CC(=O)OC1C2OS(=O)(=O)C3CC1C(C)(C)C23. The Bertz CT molecular complexity index is 6200. The van der Waals surface area contributed by atoms with Gasteiger partial charge in [-0.3, -0.25) is 33.5 Å². The molecular weight excluding hydrogens is 1990 g/mol. The molecule has 24 rings (SSSR count). The standard InChI is InChI=1S/C14H20O5S.C12H16O5S.5C11H14O5S.C10H12O5S/c1-6-10(15)18-14(5)12(3)7-9-11(8(12)2)13(14,4)19-20(9,16)17;1-4-8(13)16-10-6-5-7-9(12(6,2)3)11(10)17-18(7,14)15;1-3-8(12)15-10-9-6-4-11(10,2)5-7(6)17(13,14)16-9;1-3-9(12)15-11(2)6-4-7-8(5-6)17(13,14)16-10(7)11;1-3-9(12)15-10-6-4-7-8(5-6)17(13,14)16-11(7,10)2;1-3-8(12)15-9-6-4-7-11(2,5-6)10(9)16-17(7,13)14;1-3-8(12)15-9-6-4-7-10(9)16-17(13,14)11(7)5(6)2;1-2-8(11)14-9-5-3-6-7(4-5)16(12,13)15-10(6)9/h6,8-9,11H,1,7H2,2-5H3;4,6-7,9-11H,1,5H2,2-3H3;3,6-7,9-10H,1,4-5H2,2H3;2*3,6-8,10H,1,4-5H2,2H3;3,6-7,9-10H,1,4-5H2,2H3;3,5-7,9-11H,1,4H2,2H3;2,5-7,9-10H,1,3-4H2. The molecule has 8 heterocycles. The van der Waals surface area contributed by atoms with Gasteiger partial charge in [0.15, 0.2) is 0 Å². The number of hydrogen-bond acceptors (Lipinski definition) is 40. The molecule has 0 aromatic carbocycles. The van der Waals surface area contributed by atoms with Crippen molar-refractivity contribution in [2.75, 3.05) is 0 Å². The molecule has 42 atom stereocenters. The first-order valence-electron chi connectivity index (χ1n) is 46.4. The van der Waals surface area contributed by atoms with Crippen LogP contribution < -0.4 is 0 Å². The summed E-state index contributed by atoms with van der Waals surface area (Å²) in [6.07, 6.45) is 11.3. The lowest BCUT2D eigenvalue weighted by Crippen LogP contribution is -2.60. The summed E-state index contributed by atoms with van der Waals surface area (Å²) in [5, 5.41) is -3.33. The average molecular weight is 2110 g/mol. The average Bonchev–Trinajstić information content (AvgIpc) is 1.47. The molecule has 139 heavy (non-hydrogen) atoms. The maximum Gasteiger partial charge on any atom is 0.330 e. The van der Waals surface area contributed by atoms with E-state index in [0.29, 0.717) is 44.9 Å². The molecule has 40 nitrogen and oxygen atoms in total. The molecule has 42 unspecified atom stereocenters. The molecule has 0 N–H and O–H groups in total. The van der Waals surface area contributed by atoms with Crippen molar-refractivity contribution in [3.05, 3.63) is 101 Å². The number of fused-ring (bicyclic) bond motifs is 8. The van der Waals surface area contributed by atoms with Gasteiger partial charge >= 0.3 is 47.8 Å². The summed E-state index contributed by atoms with van der Waals surface area (Å²) >= 11 is 0. The van der Waals surface area contributed by atoms with E-state index in [-0.39, 0.29) is 105 Å². The monoisotopic (exact) mass is 2110 g/mol. The van der Waals surface area contributed by atoms with Crippen LogP contribution >= 0.6 is 0 Å². The first-order valence-corrected chi connectivity index (χ1v) is 58.2. The van der Waals surface area contributed by atoms with Crippen LogP contribution in [0.3, 0.4) is 0 Å². The zero-order valence-electron chi connectivity index (χ0n) is 78.3. The van der Waals surface area contributed by atoms with E-state index in [4.69, 9.17) is 71.4 Å². The van der Waals surface area contributed by atoms with Crippen molar-refractivity contribution in [3.8, 4) is 0 Å². The van der Waals surface area contributed by atoms with Crippen LogP contribution in [-0.2, 0) is 191 Å². The third-order valence-electron chi connectivity index (χ3n) is 36.8. The van der Waals surface area contributed by atoms with Crippen molar-refractivity contribution >= 4 is 129 Å². The first kappa shape index (κ1) is 103. The molecule has 16 saturated carbocycles. The third-order valence-corrected chi connectivity index (χ3v) is 51.2. The lowest BCUT2D eigenvalue weighted by atomic mass is 9.65. The zero-order chi connectivity index (χ0) is 102. The Hall–Kier alpha value is -7.04. The minimum Gasteiger partial charge on any atom is -0.456 e. The Balaban J connectivity index is 0.000000110. The third kappa shape index (κ3) is 15.7. The number of hydrogen-bond donors (Lipinski definition) is 0. The quantitative estimate of drug-likeness (QED) is 0.0782. The smallest absolute Gasteiger partial charge is 0.330 e. The number of rotatable bonds is 16. The van der Waals surface area contributed by atoms with Gasteiger partial charge in [0.05, 0.1) is 42.0 Å². The minimum absolute atomic E-state index is 0.00800. The van der Waals surface area contributed by atoms with Crippen LogP contribution in [0.4, 0.5) is 0 Å². The summed E-state index contributed by atoms with van der Waals surface area (Å²) in [4.78, 5) is 90.6. The maximum atomic E-state index is 12.2. The van der Waals surface area contributed by atoms with Crippen LogP contribution in [0.15, 0.2) is 101 Å². The second-order valence-corrected chi connectivity index (χ2v) is 57.5. The van der Waals surface area contributed by atoms with Gasteiger partial charge in [-0.25, -0.2) is 38.4 Å². The fourth-order valence-electron chi connectivity index (χ4n) is 30.5. The van der Waals surface area contributed by atoms with Crippen molar-refractivity contribution in [2.24, 2.45) is 110 Å². The number of carbonyl (C=O) groups is 8. The first-order chi connectivity index (χ1) is 64.3. The van der Waals surface area contributed by atoms with Gasteiger partial charge in [-0.05, 0) is 128 Å². The predicted octanol–water partition coefficient (Wildman–Crippen LogP) is 5.63. The summed E-state index contributed by atoms with van der Waals surface area (Å²) < 4.78 is 273. The largest absolute Gasteiger partial charge is 0.456 e. The zero-order valence-corrected chi connectivity index (χ0v) is 84.8. The van der Waals surface area contributed by atoms with Crippen molar-refractivity contribution < 1.29 is 177 Å². The summed E-state index contributed by atoms with van der Waals surface area (Å²) in [7, 11) is -27.9. The highest BCUT2D eigenvalue weighted by Gasteiger charge is 2.85. The fraction of sp³-hybridized carbons (Fsp3) is 0.736. The van der Waals surface area contributed by atoms with Gasteiger partial charge in [-0.15, -0.1) is 0 Å². The van der Waals surface area contributed by atoms with E-state index in [1.807, 2.05) is 48.5 Å². The van der Waals surface area contributed by atoms with Gasteiger partial charge in [-0.1, -0.05) is 101 Å². The molecule has 8 aliphatic heterocycles. The number of esters is 8. The second-order valence-electron chi connectivity index (χ2n) is 43.4. The van der Waals surface area contributed by atoms with E-state index in [1.54, 1.807) is 27.7 Å². The molecule has 16 aliphatic carbocycles. The van der Waals surface area contributed by atoms with Crippen LogP contribution in [0.1, 0.15) is 160 Å². The van der Waals surface area contributed by atoms with E-state index in [2.05, 4.69) is 52.6 Å². The summed E-state index contributed by atoms with van der Waals surface area (Å²) in [5.74, 6) is -3.85. The van der Waals surface area contributed by atoms with Gasteiger partial charge in [0.2, 0.25) is 0 Å². The minimum atomic E-state index is -3.59. The molecule has 0 aromatic heterocycles. The molecule has 24 fully saturated rings. The maximum absolute atomic E-state index is 12.2. The van der Waals surface area contributed by atoms with Crippen LogP contribution in [0.2, 0.25) is 0 Å². The molecule has 0 aromatic rings. The van der Waals surface area contributed by atoms with Gasteiger partial charge in [0, 0.05) is 142 Å². The van der Waals surface area contributed by atoms with Crippen LogP contribution in [0.5, 0.6) is 0 Å². The molecule has 16 bridgehead atoms. The Labute approximate surface area is 809 Å². The van der Waals surface area contributed by atoms with E-state index in [1.165, 1.54) is 0 Å². The van der Waals surface area contributed by atoms with Gasteiger partial charge < -0.3 is 37.9 Å². The van der Waals surface area contributed by atoms with E-state index in [9.17, 15) is 106 Å². The highest BCUT2D eigenvalue weighted by atomic mass is 32.3. The molecule has 770 valence electrons. The normalized spacial score (nSPS) is 49.4. The molecule has 0 spiro atoms. The lowest BCUT2D eigenvalue weighted by Gasteiger charge is -2.48. The lowest BCUT2D eigenvalue weighted by molar-refractivity contribution is -0.198. The summed E-state index contributed by atoms with van der Waals surface area (Å²) in [6, 6.07) is 0. The molecule has 0 radical (unpaired) electrons. The van der Waals surface area contributed by atoms with E-state index < -0.39 is 272 Å². The van der Waals surface area contributed by atoms with Crippen molar-refractivity contribution in [3.63, 3.8) is 0 Å². The molecule has 8 saturated heterocycles. The van der Waals surface area contributed by atoms with Crippen LogP contribution in [0, 0.1) is 110 Å². The summed E-state index contributed by atoms with van der Waals surface area (Å²) in [6.45, 7) is 47.7. The van der Waals surface area contributed by atoms with Crippen molar-refractivity contribution in [1.82, 2.24) is 0 Å². The predicted molar refractivity (Wildman–Crippen MR) is 482 cm³/mol. The van der Waals surface area contributed by atoms with Gasteiger partial charge in [0.1, 0.15) is 95.7 Å². The van der Waals surface area contributed by atoms with Gasteiger partial charge in [-0.2, -0.15) is 67.3 Å². The highest BCUT2D eigenvalue weighted by Crippen LogP contribution is 2.75. The van der Waals surface area contributed by atoms with Crippen molar-refractivity contribution in [1.29, 1.82) is 0 Å². The van der Waals surface area contributed by atoms with Crippen LogP contribution in [-0.4, -0.2) is 253 Å². The van der Waals surface area contributed by atoms with Gasteiger partial charge in [0.25, 0.3) is 80.9 Å². The number of carbonyl (C=O) groups excluding carboxylic acids is 8. The Morgan fingerprint density at radius 2 is 0.827 bits per heavy atom. The fourth-order valence-corrected chi connectivity index (χ4v) is 46.8.